The zero-order chi connectivity index (χ0) is 19.5. The summed E-state index contributed by atoms with van der Waals surface area (Å²) in [5, 5.41) is 11.5. The van der Waals surface area contributed by atoms with Gasteiger partial charge >= 0.3 is 0 Å². The molecule has 2 heterocycles. The maximum atomic E-state index is 13.6. The van der Waals surface area contributed by atoms with Crippen molar-refractivity contribution in [3.05, 3.63) is 36.0 Å². The Kier molecular flexibility index (Phi) is 5.99. The van der Waals surface area contributed by atoms with Gasteiger partial charge in [-0.2, -0.15) is 0 Å². The topological polar surface area (TPSA) is 63.9 Å². The molecule has 6 nitrogen and oxygen atoms in total. The van der Waals surface area contributed by atoms with E-state index >= 15 is 0 Å². The van der Waals surface area contributed by atoms with Crippen molar-refractivity contribution in [2.45, 2.75) is 44.4 Å². The van der Waals surface area contributed by atoms with Crippen LogP contribution in [0.2, 0.25) is 0 Å². The molecule has 1 N–H and O–H groups in total. The molecule has 6 heteroatoms. The number of methoxy groups -OCH3 is 1. The molecule has 2 fully saturated rings. The molecule has 0 bridgehead atoms. The average molecular weight is 386 g/mol. The molecule has 0 spiro atoms. The maximum Gasteiger partial charge on any atom is 0.256 e. The Labute approximate surface area is 166 Å². The van der Waals surface area contributed by atoms with Crippen molar-refractivity contribution in [3.63, 3.8) is 0 Å². The predicted octanol–water partition coefficient (Wildman–Crippen LogP) is 2.68. The normalized spacial score (nSPS) is 25.9. The third kappa shape index (κ3) is 3.69. The number of aromatic nitrogens is 1. The van der Waals surface area contributed by atoms with E-state index < -0.39 is 0 Å². The first-order valence-electron chi connectivity index (χ1n) is 10.3. The second-order valence-corrected chi connectivity index (χ2v) is 7.90. The molecular formula is C22H30N2O4. The van der Waals surface area contributed by atoms with Crippen molar-refractivity contribution < 1.29 is 19.4 Å². The van der Waals surface area contributed by atoms with Gasteiger partial charge in [-0.15, -0.1) is 0 Å². The second-order valence-electron chi connectivity index (χ2n) is 7.90. The lowest BCUT2D eigenvalue weighted by atomic mass is 9.80. The summed E-state index contributed by atoms with van der Waals surface area (Å²) in [5.41, 5.74) is 1.77. The van der Waals surface area contributed by atoms with E-state index in [-0.39, 0.29) is 24.0 Å². The number of fused-ring (bicyclic) bond motifs is 1. The van der Waals surface area contributed by atoms with E-state index in [0.717, 1.165) is 42.1 Å². The number of aliphatic hydroxyl groups excluding tert-OH is 1. The third-order valence-corrected chi connectivity index (χ3v) is 6.26. The number of carbonyl (C=O) groups is 1. The molecule has 1 aliphatic heterocycles. The van der Waals surface area contributed by atoms with Crippen LogP contribution >= 0.6 is 0 Å². The first kappa shape index (κ1) is 19.4. The lowest BCUT2D eigenvalue weighted by molar-refractivity contribution is -0.0562. The fourth-order valence-electron chi connectivity index (χ4n) is 4.76. The molecule has 1 amide bonds. The first-order valence-corrected chi connectivity index (χ1v) is 10.3. The zero-order valence-electron chi connectivity index (χ0n) is 16.5. The van der Waals surface area contributed by atoms with Gasteiger partial charge in [0.1, 0.15) is 0 Å². The van der Waals surface area contributed by atoms with Crippen molar-refractivity contribution in [1.82, 2.24) is 9.47 Å². The van der Waals surface area contributed by atoms with Crippen LogP contribution in [0.15, 0.2) is 30.5 Å². The van der Waals surface area contributed by atoms with Gasteiger partial charge in [-0.3, -0.25) is 4.79 Å². The first-order chi connectivity index (χ1) is 13.7. The quantitative estimate of drug-likeness (QED) is 0.858. The van der Waals surface area contributed by atoms with Crippen LogP contribution in [0.1, 0.15) is 36.0 Å². The molecule has 2 aromatic rings. The molecule has 4 rings (SSSR count). The third-order valence-electron chi connectivity index (χ3n) is 6.26. The second kappa shape index (κ2) is 8.64. The predicted molar refractivity (Wildman–Crippen MR) is 107 cm³/mol. The van der Waals surface area contributed by atoms with Crippen LogP contribution in [-0.4, -0.2) is 66.1 Å². The Morgan fingerprint density at radius 2 is 2.11 bits per heavy atom. The van der Waals surface area contributed by atoms with Crippen LogP contribution in [0.5, 0.6) is 0 Å². The highest BCUT2D eigenvalue weighted by Gasteiger charge is 2.39. The van der Waals surface area contributed by atoms with Gasteiger partial charge < -0.3 is 24.0 Å². The van der Waals surface area contributed by atoms with E-state index in [1.807, 2.05) is 35.4 Å². The molecule has 0 unspecified atom stereocenters. The van der Waals surface area contributed by atoms with E-state index in [9.17, 15) is 9.90 Å². The summed E-state index contributed by atoms with van der Waals surface area (Å²) in [5.74, 6) is 0.137. The smallest absolute Gasteiger partial charge is 0.256 e. The number of carbonyl (C=O) groups excluding carboxylic acids is 1. The molecule has 1 aromatic carbocycles. The number of rotatable bonds is 5. The van der Waals surface area contributed by atoms with Gasteiger partial charge in [0.2, 0.25) is 0 Å². The van der Waals surface area contributed by atoms with Gasteiger partial charge in [-0.1, -0.05) is 31.0 Å². The fraction of sp³-hybridized carbons (Fsp3) is 0.591. The Morgan fingerprint density at radius 3 is 2.93 bits per heavy atom. The standard InChI is InChI=1S/C22H30N2O4/c1-27-12-10-23-14-18(16-6-2-4-8-19(16)23)22(26)24-11-13-28-15-20(24)17-7-3-5-9-21(17)25/h2,4,6,8,14,17,20-21,25H,3,5,7,9-13,15H2,1H3/t17-,20+,21-/m0/s1. The molecule has 1 saturated heterocycles. The summed E-state index contributed by atoms with van der Waals surface area (Å²) < 4.78 is 13.0. The minimum absolute atomic E-state index is 0.0402. The van der Waals surface area contributed by atoms with Crippen LogP contribution in [0.25, 0.3) is 10.9 Å². The number of morpholine rings is 1. The summed E-state index contributed by atoms with van der Waals surface area (Å²) >= 11 is 0. The molecule has 3 atom stereocenters. The van der Waals surface area contributed by atoms with Crippen molar-refractivity contribution in [2.24, 2.45) is 5.92 Å². The highest BCUT2D eigenvalue weighted by molar-refractivity contribution is 6.07. The molecule has 152 valence electrons. The van der Waals surface area contributed by atoms with Crippen molar-refractivity contribution >= 4 is 16.8 Å². The summed E-state index contributed by atoms with van der Waals surface area (Å²) in [4.78, 5) is 15.6. The summed E-state index contributed by atoms with van der Waals surface area (Å²) in [7, 11) is 1.69. The molecule has 1 saturated carbocycles. The van der Waals surface area contributed by atoms with E-state index in [1.54, 1.807) is 7.11 Å². The minimum Gasteiger partial charge on any atom is -0.393 e. The number of hydrogen-bond donors (Lipinski definition) is 1. The lowest BCUT2D eigenvalue weighted by Crippen LogP contribution is -2.55. The van der Waals surface area contributed by atoms with E-state index in [1.165, 1.54) is 0 Å². The van der Waals surface area contributed by atoms with Gasteiger partial charge in [0.25, 0.3) is 5.91 Å². The number of nitrogens with zero attached hydrogens (tertiary/aromatic N) is 2. The average Bonchev–Trinajstić information content (AvgIpc) is 3.11. The number of ether oxygens (including phenoxy) is 2. The van der Waals surface area contributed by atoms with Crippen molar-refractivity contribution in [1.29, 1.82) is 0 Å². The molecule has 0 radical (unpaired) electrons. The molecule has 1 aromatic heterocycles. The van der Waals surface area contributed by atoms with Crippen molar-refractivity contribution in [2.75, 3.05) is 33.5 Å². The van der Waals surface area contributed by atoms with Crippen LogP contribution < -0.4 is 0 Å². The molecular weight excluding hydrogens is 356 g/mol. The Balaban J connectivity index is 1.65. The number of para-hydroxylation sites is 1. The Bertz CT molecular complexity index is 818. The Morgan fingerprint density at radius 1 is 1.29 bits per heavy atom. The summed E-state index contributed by atoms with van der Waals surface area (Å²) in [6, 6.07) is 7.97. The number of amides is 1. The van der Waals surface area contributed by atoms with Crippen LogP contribution in [-0.2, 0) is 16.0 Å². The number of benzene rings is 1. The lowest BCUT2D eigenvalue weighted by Gasteiger charge is -2.43. The highest BCUT2D eigenvalue weighted by Crippen LogP contribution is 2.32. The molecule has 2 aliphatic rings. The van der Waals surface area contributed by atoms with E-state index in [2.05, 4.69) is 4.57 Å². The van der Waals surface area contributed by atoms with Gasteiger partial charge in [-0.05, 0) is 18.9 Å². The van der Waals surface area contributed by atoms with Gasteiger partial charge in [0.05, 0.1) is 37.5 Å². The van der Waals surface area contributed by atoms with E-state index in [0.29, 0.717) is 32.9 Å². The SMILES string of the molecule is COCCn1cc(C(=O)N2CCOC[C@@H]2[C@@H]2CCCC[C@@H]2O)c2ccccc21. The fourth-order valence-corrected chi connectivity index (χ4v) is 4.76. The monoisotopic (exact) mass is 386 g/mol. The van der Waals surface area contributed by atoms with Crippen LogP contribution in [0.3, 0.4) is 0 Å². The van der Waals surface area contributed by atoms with Gasteiger partial charge in [0, 0.05) is 43.2 Å². The van der Waals surface area contributed by atoms with E-state index in [4.69, 9.17) is 9.47 Å². The summed E-state index contributed by atoms with van der Waals surface area (Å²) in [6.07, 6.45) is 5.55. The van der Waals surface area contributed by atoms with Gasteiger partial charge in [-0.25, -0.2) is 0 Å². The molecule has 1 aliphatic carbocycles. The zero-order valence-corrected chi connectivity index (χ0v) is 16.5. The van der Waals surface area contributed by atoms with Gasteiger partial charge in [0.15, 0.2) is 0 Å². The summed E-state index contributed by atoms with van der Waals surface area (Å²) in [6.45, 7) is 2.94. The molecule has 28 heavy (non-hydrogen) atoms. The number of hydrogen-bond acceptors (Lipinski definition) is 4. The van der Waals surface area contributed by atoms with Crippen LogP contribution in [0, 0.1) is 5.92 Å². The van der Waals surface area contributed by atoms with Crippen LogP contribution in [0.4, 0.5) is 0 Å². The number of aliphatic hydroxyl groups is 1. The maximum absolute atomic E-state index is 13.6. The van der Waals surface area contributed by atoms with Crippen molar-refractivity contribution in [3.8, 4) is 0 Å². The largest absolute Gasteiger partial charge is 0.393 e. The highest BCUT2D eigenvalue weighted by atomic mass is 16.5. The Hall–Kier alpha value is -1.89. The minimum atomic E-state index is -0.348.